The lowest BCUT2D eigenvalue weighted by molar-refractivity contribution is -0.188. The molecule has 1 rings (SSSR count). The first-order valence-corrected chi connectivity index (χ1v) is 8.54. The quantitative estimate of drug-likeness (QED) is 0.464. The highest BCUT2D eigenvalue weighted by Gasteiger charge is 2.42. The van der Waals surface area contributed by atoms with Gasteiger partial charge in [0.15, 0.2) is 6.29 Å². The Morgan fingerprint density at radius 3 is 2.32 bits per heavy atom. The summed E-state index contributed by atoms with van der Waals surface area (Å²) in [7, 11) is 0. The summed E-state index contributed by atoms with van der Waals surface area (Å²) in [6, 6.07) is 0. The number of Topliss-reactive ketones (excluding diaryl/α,β-unsaturated/α-hetero) is 1. The maximum atomic E-state index is 12.0. The summed E-state index contributed by atoms with van der Waals surface area (Å²) >= 11 is 0. The van der Waals surface area contributed by atoms with Gasteiger partial charge >= 0.3 is 0 Å². The zero-order valence-corrected chi connectivity index (χ0v) is 14.7. The molecule has 1 fully saturated rings. The lowest BCUT2D eigenvalue weighted by Crippen LogP contribution is -2.42. The molecular formula is C19H32O3. The summed E-state index contributed by atoms with van der Waals surface area (Å²) in [6.45, 7) is 17.5. The van der Waals surface area contributed by atoms with E-state index in [2.05, 4.69) is 20.1 Å². The average Bonchev–Trinajstić information content (AvgIpc) is 2.48. The number of allylic oxidation sites excluding steroid dienone is 2. The van der Waals surface area contributed by atoms with E-state index in [-0.39, 0.29) is 23.9 Å². The molecule has 22 heavy (non-hydrogen) atoms. The summed E-state index contributed by atoms with van der Waals surface area (Å²) < 4.78 is 11.8. The second kappa shape index (κ2) is 9.26. The van der Waals surface area contributed by atoms with Crippen molar-refractivity contribution < 1.29 is 14.3 Å². The van der Waals surface area contributed by atoms with Gasteiger partial charge in [0.2, 0.25) is 0 Å². The van der Waals surface area contributed by atoms with Crippen molar-refractivity contribution in [1.82, 2.24) is 0 Å². The Bertz CT molecular complexity index is 393. The number of ether oxygens (including phenoxy) is 2. The van der Waals surface area contributed by atoms with Crippen molar-refractivity contribution in [3.8, 4) is 0 Å². The minimum Gasteiger partial charge on any atom is -0.353 e. The zero-order valence-electron chi connectivity index (χ0n) is 14.7. The van der Waals surface area contributed by atoms with E-state index in [0.29, 0.717) is 32.0 Å². The van der Waals surface area contributed by atoms with Crippen molar-refractivity contribution >= 4 is 5.78 Å². The van der Waals surface area contributed by atoms with Crippen LogP contribution < -0.4 is 0 Å². The summed E-state index contributed by atoms with van der Waals surface area (Å²) in [5.74, 6) is 0.869. The molecule has 0 bridgehead atoms. The van der Waals surface area contributed by atoms with Crippen LogP contribution in [0.4, 0.5) is 0 Å². The second-order valence-electron chi connectivity index (χ2n) is 6.21. The average molecular weight is 308 g/mol. The third-order valence-electron chi connectivity index (χ3n) is 4.68. The van der Waals surface area contributed by atoms with E-state index < -0.39 is 0 Å². The minimum atomic E-state index is -0.289. The zero-order chi connectivity index (χ0) is 16.7. The van der Waals surface area contributed by atoms with E-state index >= 15 is 0 Å². The van der Waals surface area contributed by atoms with Crippen molar-refractivity contribution in [3.05, 3.63) is 24.3 Å². The molecule has 0 spiro atoms. The third kappa shape index (κ3) is 4.79. The number of hydrogen-bond donors (Lipinski definition) is 0. The van der Waals surface area contributed by atoms with Gasteiger partial charge in [0.1, 0.15) is 5.78 Å². The van der Waals surface area contributed by atoms with E-state index in [4.69, 9.17) is 9.47 Å². The highest BCUT2D eigenvalue weighted by Crippen LogP contribution is 2.45. The van der Waals surface area contributed by atoms with Gasteiger partial charge in [0.25, 0.3) is 0 Å². The first-order valence-electron chi connectivity index (χ1n) is 8.54. The van der Waals surface area contributed by atoms with Crippen LogP contribution in [0.25, 0.3) is 0 Å². The van der Waals surface area contributed by atoms with Gasteiger partial charge in [-0.05, 0) is 45.4 Å². The van der Waals surface area contributed by atoms with E-state index in [1.54, 1.807) is 0 Å². The number of ketones is 1. The molecule has 0 radical (unpaired) electrons. The molecule has 0 aromatic carbocycles. The van der Waals surface area contributed by atoms with Crippen molar-refractivity contribution in [3.63, 3.8) is 0 Å². The van der Waals surface area contributed by atoms with E-state index in [9.17, 15) is 4.79 Å². The van der Waals surface area contributed by atoms with Crippen molar-refractivity contribution in [2.24, 2.45) is 17.8 Å². The van der Waals surface area contributed by atoms with E-state index in [1.807, 2.05) is 20.8 Å². The summed E-state index contributed by atoms with van der Waals surface area (Å²) in [6.07, 6.45) is 2.80. The highest BCUT2D eigenvalue weighted by molar-refractivity contribution is 5.78. The van der Waals surface area contributed by atoms with Crippen LogP contribution in [0.3, 0.4) is 0 Å². The van der Waals surface area contributed by atoms with E-state index in [1.165, 1.54) is 0 Å². The van der Waals surface area contributed by atoms with Crippen LogP contribution >= 0.6 is 0 Å². The van der Waals surface area contributed by atoms with E-state index in [0.717, 1.165) is 24.0 Å². The van der Waals surface area contributed by atoms with Gasteiger partial charge in [-0.3, -0.25) is 4.79 Å². The Morgan fingerprint density at radius 2 is 1.86 bits per heavy atom. The second-order valence-corrected chi connectivity index (χ2v) is 6.21. The maximum absolute atomic E-state index is 12.0. The van der Waals surface area contributed by atoms with Crippen LogP contribution in [-0.2, 0) is 14.3 Å². The smallest absolute Gasteiger partial charge is 0.161 e. The Morgan fingerprint density at radius 1 is 1.27 bits per heavy atom. The predicted octanol–water partition coefficient (Wildman–Crippen LogP) is 4.53. The first kappa shape index (κ1) is 19.1. The summed E-state index contributed by atoms with van der Waals surface area (Å²) in [5.41, 5.74) is 2.31. The third-order valence-corrected chi connectivity index (χ3v) is 4.68. The Balaban J connectivity index is 3.10. The van der Waals surface area contributed by atoms with Crippen molar-refractivity contribution in [2.75, 3.05) is 13.2 Å². The number of carbonyl (C=O) groups excluding carboxylic acids is 1. The summed E-state index contributed by atoms with van der Waals surface area (Å²) in [4.78, 5) is 12.0. The normalized spacial score (nSPS) is 25.5. The maximum Gasteiger partial charge on any atom is 0.161 e. The molecule has 1 aliphatic carbocycles. The largest absolute Gasteiger partial charge is 0.353 e. The monoisotopic (exact) mass is 308 g/mol. The molecule has 1 saturated carbocycles. The molecule has 1 aliphatic rings. The molecule has 126 valence electrons. The molecule has 0 aromatic heterocycles. The lowest BCUT2D eigenvalue weighted by Gasteiger charge is -2.43. The molecule has 0 unspecified atom stereocenters. The Kier molecular flexibility index (Phi) is 8.05. The Labute approximate surface area is 135 Å². The molecular weight excluding hydrogens is 276 g/mol. The van der Waals surface area contributed by atoms with Crippen molar-refractivity contribution in [2.45, 2.75) is 59.7 Å². The highest BCUT2D eigenvalue weighted by atomic mass is 16.7. The molecule has 0 saturated heterocycles. The van der Waals surface area contributed by atoms with Gasteiger partial charge in [0, 0.05) is 32.0 Å². The number of rotatable bonds is 9. The van der Waals surface area contributed by atoms with Crippen molar-refractivity contribution in [1.29, 1.82) is 0 Å². The molecule has 0 N–H and O–H groups in total. The molecule has 0 aliphatic heterocycles. The van der Waals surface area contributed by atoms with Gasteiger partial charge in [-0.1, -0.05) is 31.2 Å². The van der Waals surface area contributed by atoms with Gasteiger partial charge in [-0.15, -0.1) is 0 Å². The lowest BCUT2D eigenvalue weighted by atomic mass is 9.65. The SMILES string of the molecule is C=C(C)[C@@H]1CCC(=C)[C@H](CC(=O)CC)[C@H]1C(OCC)OCC. The fourth-order valence-electron chi connectivity index (χ4n) is 3.49. The number of hydrogen-bond acceptors (Lipinski definition) is 3. The Hall–Kier alpha value is -0.930. The summed E-state index contributed by atoms with van der Waals surface area (Å²) in [5, 5.41) is 0. The van der Waals surface area contributed by atoms with Crippen LogP contribution in [0.5, 0.6) is 0 Å². The standard InChI is InChI=1S/C19H32O3/c1-7-15(20)12-17-14(6)10-11-16(13(4)5)18(17)19(21-8-2)22-9-3/h16-19H,4,6-12H2,1-3,5H3/t16-,17-,18-/m0/s1. The van der Waals surface area contributed by atoms with Crippen LogP contribution in [0.1, 0.15) is 53.4 Å². The van der Waals surface area contributed by atoms with Gasteiger partial charge in [-0.2, -0.15) is 0 Å². The topological polar surface area (TPSA) is 35.5 Å². The predicted molar refractivity (Wildman–Crippen MR) is 90.6 cm³/mol. The van der Waals surface area contributed by atoms with Crippen LogP contribution in [0.15, 0.2) is 24.3 Å². The first-order chi connectivity index (χ1) is 10.5. The number of carbonyl (C=O) groups is 1. The minimum absolute atomic E-state index is 0.131. The van der Waals surface area contributed by atoms with Crippen LogP contribution in [0, 0.1) is 17.8 Å². The molecule has 3 atom stereocenters. The molecule has 0 heterocycles. The molecule has 0 amide bonds. The van der Waals surface area contributed by atoms with Crippen LogP contribution in [-0.4, -0.2) is 25.3 Å². The van der Waals surface area contributed by atoms with Gasteiger partial charge in [-0.25, -0.2) is 0 Å². The molecule has 0 aromatic rings. The molecule has 3 heteroatoms. The fraction of sp³-hybridized carbons (Fsp3) is 0.737. The molecule has 3 nitrogen and oxygen atoms in total. The van der Waals surface area contributed by atoms with Gasteiger partial charge in [0.05, 0.1) is 0 Å². The van der Waals surface area contributed by atoms with Crippen LogP contribution in [0.2, 0.25) is 0 Å². The van der Waals surface area contributed by atoms with Gasteiger partial charge < -0.3 is 9.47 Å². The fourth-order valence-corrected chi connectivity index (χ4v) is 3.49.